The van der Waals surface area contributed by atoms with E-state index in [1.54, 1.807) is 19.1 Å². The van der Waals surface area contributed by atoms with Crippen LogP contribution in [0.2, 0.25) is 0 Å². The monoisotopic (exact) mass is 396 g/mol. The van der Waals surface area contributed by atoms with Crippen LogP contribution in [0.15, 0.2) is 23.1 Å². The first kappa shape index (κ1) is 22.4. The van der Waals surface area contributed by atoms with Gasteiger partial charge in [-0.25, -0.2) is 13.1 Å². The molecule has 0 aliphatic carbocycles. The molecule has 0 aromatic heterocycles. The molecular formula is C16H23F3N2O4S. The minimum absolute atomic E-state index is 0.127. The van der Waals surface area contributed by atoms with E-state index in [0.29, 0.717) is 5.56 Å². The molecule has 1 aromatic carbocycles. The highest BCUT2D eigenvalue weighted by Gasteiger charge is 2.27. The first-order valence-electron chi connectivity index (χ1n) is 7.91. The molecule has 1 atom stereocenters. The van der Waals surface area contributed by atoms with Crippen molar-refractivity contribution in [3.05, 3.63) is 29.3 Å². The molecule has 1 aromatic rings. The highest BCUT2D eigenvalue weighted by molar-refractivity contribution is 7.89. The molecule has 1 unspecified atom stereocenters. The summed E-state index contributed by atoms with van der Waals surface area (Å²) in [6.07, 6.45) is -4.57. The summed E-state index contributed by atoms with van der Waals surface area (Å²) in [6.45, 7) is 3.21. The Bertz CT molecular complexity index is 721. The van der Waals surface area contributed by atoms with Gasteiger partial charge in [0.05, 0.1) is 11.5 Å². The summed E-state index contributed by atoms with van der Waals surface area (Å²) in [6, 6.07) is 4.29. The summed E-state index contributed by atoms with van der Waals surface area (Å²) in [5.41, 5.74) is 1.53. The number of halogens is 3. The molecule has 0 aliphatic rings. The lowest BCUT2D eigenvalue weighted by atomic mass is 10.2. The lowest BCUT2D eigenvalue weighted by Gasteiger charge is -2.15. The van der Waals surface area contributed by atoms with Crippen molar-refractivity contribution < 1.29 is 31.1 Å². The van der Waals surface area contributed by atoms with Crippen LogP contribution in [-0.2, 0) is 19.6 Å². The third-order valence-corrected chi connectivity index (χ3v) is 4.93. The lowest BCUT2D eigenvalue weighted by molar-refractivity contribution is -0.175. The van der Waals surface area contributed by atoms with Crippen molar-refractivity contribution in [1.82, 2.24) is 10.0 Å². The van der Waals surface area contributed by atoms with Crippen molar-refractivity contribution >= 4 is 15.9 Å². The van der Waals surface area contributed by atoms with Crippen molar-refractivity contribution in [2.24, 2.45) is 0 Å². The Labute approximate surface area is 151 Å². The maximum atomic E-state index is 12.2. The topological polar surface area (TPSA) is 84.5 Å². The van der Waals surface area contributed by atoms with Crippen molar-refractivity contribution in [2.75, 3.05) is 19.8 Å². The molecule has 0 saturated carbocycles. The maximum absolute atomic E-state index is 12.2. The zero-order valence-corrected chi connectivity index (χ0v) is 15.6. The van der Waals surface area contributed by atoms with Gasteiger partial charge < -0.3 is 10.1 Å². The Balaban J connectivity index is 2.41. The van der Waals surface area contributed by atoms with Crippen molar-refractivity contribution in [3.8, 4) is 0 Å². The van der Waals surface area contributed by atoms with Gasteiger partial charge in [0.15, 0.2) is 0 Å². The molecule has 0 fully saturated rings. The summed E-state index contributed by atoms with van der Waals surface area (Å²) in [4.78, 5) is 11.9. The number of hydrogen-bond acceptors (Lipinski definition) is 4. The number of carbonyl (C=O) groups excluding carboxylic acids is 1. The fourth-order valence-electron chi connectivity index (χ4n) is 2.22. The summed E-state index contributed by atoms with van der Waals surface area (Å²) >= 11 is 0. The van der Waals surface area contributed by atoms with Crippen LogP contribution in [0.4, 0.5) is 13.2 Å². The molecule has 6 nitrogen and oxygen atoms in total. The van der Waals surface area contributed by atoms with Gasteiger partial charge in [0.25, 0.3) is 0 Å². The van der Waals surface area contributed by atoms with Gasteiger partial charge in [0.1, 0.15) is 6.61 Å². The molecule has 26 heavy (non-hydrogen) atoms. The highest BCUT2D eigenvalue weighted by atomic mass is 32.2. The lowest BCUT2D eigenvalue weighted by Crippen LogP contribution is -2.38. The molecule has 0 spiro atoms. The molecule has 148 valence electrons. The molecule has 0 radical (unpaired) electrons. The summed E-state index contributed by atoms with van der Waals surface area (Å²) in [5.74, 6) is -0.489. The highest BCUT2D eigenvalue weighted by Crippen LogP contribution is 2.16. The van der Waals surface area contributed by atoms with Crippen LogP contribution < -0.4 is 10.0 Å². The molecule has 1 amide bonds. The van der Waals surface area contributed by atoms with Crippen LogP contribution in [0.25, 0.3) is 0 Å². The Morgan fingerprint density at radius 1 is 1.27 bits per heavy atom. The van der Waals surface area contributed by atoms with E-state index in [2.05, 4.69) is 14.8 Å². The Hall–Kier alpha value is -1.65. The molecule has 0 heterocycles. The maximum Gasteiger partial charge on any atom is 0.411 e. The summed E-state index contributed by atoms with van der Waals surface area (Å²) < 4.78 is 67.1. The van der Waals surface area contributed by atoms with Gasteiger partial charge in [0.2, 0.25) is 15.9 Å². The molecule has 0 saturated heterocycles. The minimum Gasteiger partial charge on any atom is -0.370 e. The minimum atomic E-state index is -4.42. The zero-order valence-electron chi connectivity index (χ0n) is 14.8. The number of rotatable bonds is 9. The average Bonchev–Trinajstić information content (AvgIpc) is 2.44. The van der Waals surface area contributed by atoms with Crippen LogP contribution in [0, 0.1) is 13.8 Å². The average molecular weight is 396 g/mol. The third-order valence-electron chi connectivity index (χ3n) is 3.31. The second-order valence-electron chi connectivity index (χ2n) is 6.02. The van der Waals surface area contributed by atoms with Gasteiger partial charge in [-0.15, -0.1) is 0 Å². The van der Waals surface area contributed by atoms with Gasteiger partial charge in [-0.1, -0.05) is 17.7 Å². The fraction of sp³-hybridized carbons (Fsp3) is 0.562. The van der Waals surface area contributed by atoms with Gasteiger partial charge in [-0.2, -0.15) is 13.2 Å². The molecule has 2 N–H and O–H groups in total. The largest absolute Gasteiger partial charge is 0.411 e. The van der Waals surface area contributed by atoms with Crippen LogP contribution in [0.1, 0.15) is 24.5 Å². The van der Waals surface area contributed by atoms with Crippen LogP contribution in [-0.4, -0.2) is 46.3 Å². The standard InChI is InChI=1S/C16H23F3N2O4S/c1-11-4-5-14(12(2)8-11)26(23,24)20-7-6-15(22)21-13(3)9-25-10-16(17,18)19/h4-5,8,13,20H,6-7,9-10H2,1-3H3,(H,21,22). The molecule has 0 bridgehead atoms. The quantitative estimate of drug-likeness (QED) is 0.669. The predicted octanol–water partition coefficient (Wildman–Crippen LogP) is 2.06. The first-order valence-corrected chi connectivity index (χ1v) is 9.40. The fourth-order valence-corrected chi connectivity index (χ4v) is 3.47. The van der Waals surface area contributed by atoms with E-state index in [1.165, 1.54) is 13.0 Å². The number of amides is 1. The molecule has 0 aliphatic heterocycles. The van der Waals surface area contributed by atoms with Crippen molar-refractivity contribution in [1.29, 1.82) is 0 Å². The van der Waals surface area contributed by atoms with E-state index < -0.39 is 34.8 Å². The summed E-state index contributed by atoms with van der Waals surface area (Å²) in [5, 5.41) is 2.44. The number of ether oxygens (including phenoxy) is 1. The normalized spacial score (nSPS) is 13.5. The summed E-state index contributed by atoms with van der Waals surface area (Å²) in [7, 11) is -3.74. The second kappa shape index (κ2) is 9.33. The van der Waals surface area contributed by atoms with E-state index in [4.69, 9.17) is 0 Å². The van der Waals surface area contributed by atoms with Crippen molar-refractivity contribution in [3.63, 3.8) is 0 Å². The Morgan fingerprint density at radius 2 is 1.92 bits per heavy atom. The molecule has 1 rings (SSSR count). The number of hydrogen-bond donors (Lipinski definition) is 2. The number of nitrogens with one attached hydrogen (secondary N) is 2. The number of benzene rings is 1. The predicted molar refractivity (Wildman–Crippen MR) is 90.2 cm³/mol. The Morgan fingerprint density at radius 3 is 2.50 bits per heavy atom. The molecular weight excluding hydrogens is 373 g/mol. The number of alkyl halides is 3. The van der Waals surface area contributed by atoms with E-state index in [1.807, 2.05) is 6.92 Å². The zero-order chi connectivity index (χ0) is 20.0. The first-order chi connectivity index (χ1) is 11.9. The van der Waals surface area contributed by atoms with E-state index in [9.17, 15) is 26.4 Å². The third kappa shape index (κ3) is 8.15. The van der Waals surface area contributed by atoms with Crippen molar-refractivity contribution in [2.45, 2.75) is 44.3 Å². The van der Waals surface area contributed by atoms with Gasteiger partial charge in [-0.05, 0) is 32.4 Å². The number of carbonyl (C=O) groups is 1. The van der Waals surface area contributed by atoms with Crippen LogP contribution in [0.5, 0.6) is 0 Å². The Kier molecular flexibility index (Phi) is 8.04. The second-order valence-corrected chi connectivity index (χ2v) is 7.75. The molecule has 10 heteroatoms. The van der Waals surface area contributed by atoms with Gasteiger partial charge in [-0.3, -0.25) is 4.79 Å². The SMILES string of the molecule is Cc1ccc(S(=O)(=O)NCCC(=O)NC(C)COCC(F)(F)F)c(C)c1. The van der Waals surface area contributed by atoms with Crippen LogP contribution in [0.3, 0.4) is 0 Å². The van der Waals surface area contributed by atoms with E-state index >= 15 is 0 Å². The van der Waals surface area contributed by atoms with Crippen LogP contribution >= 0.6 is 0 Å². The van der Waals surface area contributed by atoms with Gasteiger partial charge in [0, 0.05) is 19.0 Å². The van der Waals surface area contributed by atoms with E-state index in [0.717, 1.165) is 5.56 Å². The number of aryl methyl sites for hydroxylation is 2. The smallest absolute Gasteiger partial charge is 0.370 e. The van der Waals surface area contributed by atoms with E-state index in [-0.39, 0.29) is 24.5 Å². The number of sulfonamides is 1. The van der Waals surface area contributed by atoms with Gasteiger partial charge >= 0.3 is 6.18 Å².